The van der Waals surface area contributed by atoms with Gasteiger partial charge in [0.05, 0.1) is 11.7 Å². The summed E-state index contributed by atoms with van der Waals surface area (Å²) in [6.07, 6.45) is 1.86. The quantitative estimate of drug-likeness (QED) is 0.793. The summed E-state index contributed by atoms with van der Waals surface area (Å²) < 4.78 is 18.5. The minimum absolute atomic E-state index is 0.0116. The zero-order chi connectivity index (χ0) is 10.1. The molecule has 2 rings (SSSR count). The van der Waals surface area contributed by atoms with Gasteiger partial charge in [0.15, 0.2) is 11.6 Å². The summed E-state index contributed by atoms with van der Waals surface area (Å²) >= 11 is 0. The van der Waals surface area contributed by atoms with E-state index in [4.69, 9.17) is 10.5 Å². The number of para-hydroxylation sites is 1. The number of carbonyl (C=O) groups excluding carboxylic acids is 1. The number of benzene rings is 1. The second-order valence-corrected chi connectivity index (χ2v) is 3.30. The molecule has 0 radical (unpaired) electrons. The molecule has 0 atom stereocenters. The van der Waals surface area contributed by atoms with Gasteiger partial charge in [-0.15, -0.1) is 0 Å². The summed E-state index contributed by atoms with van der Waals surface area (Å²) in [4.78, 5) is 11.0. The lowest BCUT2D eigenvalue weighted by Gasteiger charge is -2.08. The Labute approximate surface area is 80.7 Å². The molecule has 2 N–H and O–H groups in total. The van der Waals surface area contributed by atoms with Crippen LogP contribution in [0.2, 0.25) is 0 Å². The first-order valence-electron chi connectivity index (χ1n) is 4.43. The van der Waals surface area contributed by atoms with E-state index in [1.165, 1.54) is 18.2 Å². The number of carbonyl (C=O) groups is 1. The number of rotatable bonds is 3. The van der Waals surface area contributed by atoms with Crippen molar-refractivity contribution < 1.29 is 13.9 Å². The second-order valence-electron chi connectivity index (χ2n) is 3.30. The highest BCUT2D eigenvalue weighted by Crippen LogP contribution is 2.30. The van der Waals surface area contributed by atoms with Gasteiger partial charge in [0, 0.05) is 0 Å². The van der Waals surface area contributed by atoms with Crippen molar-refractivity contribution in [2.75, 3.05) is 0 Å². The number of hydrogen-bond donors (Lipinski definition) is 1. The first-order chi connectivity index (χ1) is 6.68. The second kappa shape index (κ2) is 3.29. The Balaban J connectivity index is 2.36. The van der Waals surface area contributed by atoms with E-state index in [9.17, 15) is 9.18 Å². The maximum Gasteiger partial charge on any atom is 0.252 e. The van der Waals surface area contributed by atoms with Gasteiger partial charge in [0.25, 0.3) is 5.91 Å². The van der Waals surface area contributed by atoms with Crippen molar-refractivity contribution in [2.45, 2.75) is 18.9 Å². The Bertz CT molecular complexity index is 374. The van der Waals surface area contributed by atoms with Gasteiger partial charge in [-0.2, -0.15) is 0 Å². The fourth-order valence-electron chi connectivity index (χ4n) is 1.18. The molecule has 1 fully saturated rings. The first kappa shape index (κ1) is 8.99. The molecule has 4 heteroatoms. The monoisotopic (exact) mass is 195 g/mol. The predicted octanol–water partition coefficient (Wildman–Crippen LogP) is 1.47. The summed E-state index contributed by atoms with van der Waals surface area (Å²) in [6, 6.07) is 4.16. The van der Waals surface area contributed by atoms with Crippen molar-refractivity contribution in [3.05, 3.63) is 29.6 Å². The van der Waals surface area contributed by atoms with Gasteiger partial charge in [0.1, 0.15) is 0 Å². The lowest BCUT2D eigenvalue weighted by molar-refractivity contribution is 0.0995. The number of hydrogen-bond acceptors (Lipinski definition) is 2. The Morgan fingerprint density at radius 1 is 1.50 bits per heavy atom. The number of halogens is 1. The molecule has 74 valence electrons. The standard InChI is InChI=1S/C10H10FNO2/c11-8-3-1-2-7(10(12)13)9(8)14-6-4-5-6/h1-3,6H,4-5H2,(H2,12,13). The molecule has 3 nitrogen and oxygen atoms in total. The molecule has 0 aliphatic heterocycles. The molecule has 14 heavy (non-hydrogen) atoms. The molecule has 0 spiro atoms. The van der Waals surface area contributed by atoms with Crippen LogP contribution in [0.25, 0.3) is 0 Å². The topological polar surface area (TPSA) is 52.3 Å². The third-order valence-electron chi connectivity index (χ3n) is 2.04. The highest BCUT2D eigenvalue weighted by atomic mass is 19.1. The van der Waals surface area contributed by atoms with E-state index in [-0.39, 0.29) is 17.4 Å². The van der Waals surface area contributed by atoms with E-state index in [1.54, 1.807) is 0 Å². The molecule has 1 aromatic carbocycles. The minimum atomic E-state index is -0.667. The van der Waals surface area contributed by atoms with Crippen LogP contribution in [0.4, 0.5) is 4.39 Å². The zero-order valence-corrected chi connectivity index (χ0v) is 7.50. The third kappa shape index (κ3) is 1.69. The van der Waals surface area contributed by atoms with Crippen LogP contribution in [0.1, 0.15) is 23.2 Å². The summed E-state index contributed by atoms with van der Waals surface area (Å²) in [6.45, 7) is 0. The summed E-state index contributed by atoms with van der Waals surface area (Å²) in [5.74, 6) is -1.21. The number of amides is 1. The van der Waals surface area contributed by atoms with Crippen LogP contribution < -0.4 is 10.5 Å². The molecule has 1 aromatic rings. The average molecular weight is 195 g/mol. The Kier molecular flexibility index (Phi) is 2.11. The Morgan fingerprint density at radius 2 is 2.21 bits per heavy atom. The van der Waals surface area contributed by atoms with Crippen molar-refractivity contribution in [2.24, 2.45) is 5.73 Å². The largest absolute Gasteiger partial charge is 0.487 e. The Hall–Kier alpha value is -1.58. The van der Waals surface area contributed by atoms with Crippen LogP contribution in [0.3, 0.4) is 0 Å². The van der Waals surface area contributed by atoms with Gasteiger partial charge in [0.2, 0.25) is 0 Å². The van der Waals surface area contributed by atoms with Crippen molar-refractivity contribution in [1.29, 1.82) is 0 Å². The lowest BCUT2D eigenvalue weighted by Crippen LogP contribution is -2.14. The van der Waals surface area contributed by atoms with E-state index in [1.807, 2.05) is 0 Å². The summed E-state index contributed by atoms with van der Waals surface area (Å²) in [7, 11) is 0. The van der Waals surface area contributed by atoms with E-state index < -0.39 is 11.7 Å². The van der Waals surface area contributed by atoms with Gasteiger partial charge in [-0.25, -0.2) is 4.39 Å². The van der Waals surface area contributed by atoms with Crippen LogP contribution >= 0.6 is 0 Å². The van der Waals surface area contributed by atoms with Crippen LogP contribution in [0.5, 0.6) is 5.75 Å². The predicted molar refractivity (Wildman–Crippen MR) is 48.6 cm³/mol. The fourth-order valence-corrected chi connectivity index (χ4v) is 1.18. The fraction of sp³-hybridized carbons (Fsp3) is 0.300. The van der Waals surface area contributed by atoms with E-state index >= 15 is 0 Å². The van der Waals surface area contributed by atoms with E-state index in [0.717, 1.165) is 12.8 Å². The van der Waals surface area contributed by atoms with Crippen molar-refractivity contribution >= 4 is 5.91 Å². The van der Waals surface area contributed by atoms with Crippen molar-refractivity contribution in [3.63, 3.8) is 0 Å². The highest BCUT2D eigenvalue weighted by Gasteiger charge is 2.26. The summed E-state index contributed by atoms with van der Waals surface area (Å²) in [5.41, 5.74) is 5.20. The molecule has 1 aliphatic rings. The summed E-state index contributed by atoms with van der Waals surface area (Å²) in [5, 5.41) is 0. The molecule has 1 aliphatic carbocycles. The Morgan fingerprint density at radius 3 is 2.79 bits per heavy atom. The average Bonchev–Trinajstić information content (AvgIpc) is 2.91. The molecule has 0 bridgehead atoms. The highest BCUT2D eigenvalue weighted by molar-refractivity contribution is 5.95. The van der Waals surface area contributed by atoms with E-state index in [0.29, 0.717) is 0 Å². The lowest BCUT2D eigenvalue weighted by atomic mass is 10.2. The van der Waals surface area contributed by atoms with Crippen LogP contribution in [-0.2, 0) is 0 Å². The normalized spacial score (nSPS) is 15.2. The first-order valence-corrected chi connectivity index (χ1v) is 4.43. The van der Waals surface area contributed by atoms with Crippen LogP contribution in [-0.4, -0.2) is 12.0 Å². The molecule has 0 aromatic heterocycles. The molecule has 0 unspecified atom stereocenters. The molecule has 1 amide bonds. The smallest absolute Gasteiger partial charge is 0.252 e. The maximum atomic E-state index is 13.3. The number of ether oxygens (including phenoxy) is 1. The third-order valence-corrected chi connectivity index (χ3v) is 2.04. The van der Waals surface area contributed by atoms with Crippen LogP contribution in [0.15, 0.2) is 18.2 Å². The molecule has 1 saturated carbocycles. The van der Waals surface area contributed by atoms with E-state index in [2.05, 4.69) is 0 Å². The van der Waals surface area contributed by atoms with Gasteiger partial charge in [-0.05, 0) is 25.0 Å². The molecular weight excluding hydrogens is 185 g/mol. The number of primary amides is 1. The van der Waals surface area contributed by atoms with Gasteiger partial charge in [-0.3, -0.25) is 4.79 Å². The SMILES string of the molecule is NC(=O)c1cccc(F)c1OC1CC1. The van der Waals surface area contributed by atoms with Gasteiger partial charge < -0.3 is 10.5 Å². The molecule has 0 saturated heterocycles. The van der Waals surface area contributed by atoms with Crippen LogP contribution in [0, 0.1) is 5.82 Å². The maximum absolute atomic E-state index is 13.3. The number of nitrogens with two attached hydrogens (primary N) is 1. The van der Waals surface area contributed by atoms with Crippen molar-refractivity contribution in [3.8, 4) is 5.75 Å². The zero-order valence-electron chi connectivity index (χ0n) is 7.50. The molecule has 0 heterocycles. The van der Waals surface area contributed by atoms with Gasteiger partial charge in [-0.1, -0.05) is 6.07 Å². The van der Waals surface area contributed by atoms with Crippen molar-refractivity contribution in [1.82, 2.24) is 0 Å². The van der Waals surface area contributed by atoms with Gasteiger partial charge >= 0.3 is 0 Å². The minimum Gasteiger partial charge on any atom is -0.487 e. The molecular formula is C10H10FNO2.